The fourth-order valence-electron chi connectivity index (χ4n) is 4.52. The molecule has 2 aliphatic heterocycles. The first-order chi connectivity index (χ1) is 14.2. The molecule has 2 aliphatic rings. The third kappa shape index (κ3) is 3.65. The van der Waals surface area contributed by atoms with Crippen molar-refractivity contribution in [3.8, 4) is 0 Å². The molecular formula is C23H27N5O. The van der Waals surface area contributed by atoms with Crippen LogP contribution in [0.1, 0.15) is 36.6 Å². The van der Waals surface area contributed by atoms with Gasteiger partial charge in [-0.1, -0.05) is 25.1 Å². The summed E-state index contributed by atoms with van der Waals surface area (Å²) in [5, 5.41) is 1.20. The van der Waals surface area contributed by atoms with Crippen molar-refractivity contribution in [2.24, 2.45) is 5.92 Å². The van der Waals surface area contributed by atoms with Crippen molar-refractivity contribution in [2.75, 3.05) is 24.5 Å². The van der Waals surface area contributed by atoms with Gasteiger partial charge < -0.3 is 4.90 Å². The molecule has 0 radical (unpaired) electrons. The van der Waals surface area contributed by atoms with Crippen LogP contribution >= 0.6 is 0 Å². The van der Waals surface area contributed by atoms with Crippen molar-refractivity contribution >= 4 is 16.9 Å². The Hall–Kier alpha value is -2.73. The summed E-state index contributed by atoms with van der Waals surface area (Å²) in [4.78, 5) is 29.7. The topological polar surface area (TPSA) is 65.1 Å². The molecule has 150 valence electrons. The third-order valence-corrected chi connectivity index (χ3v) is 6.36. The average molecular weight is 390 g/mol. The molecule has 3 aromatic rings. The second-order valence-corrected chi connectivity index (χ2v) is 8.43. The minimum Gasteiger partial charge on any atom is -0.342 e. The molecule has 1 aromatic carbocycles. The first kappa shape index (κ1) is 18.3. The second kappa shape index (κ2) is 7.59. The van der Waals surface area contributed by atoms with Crippen molar-refractivity contribution in [3.05, 3.63) is 63.7 Å². The molecule has 0 aliphatic carbocycles. The number of hydrogen-bond acceptors (Lipinski definition) is 5. The van der Waals surface area contributed by atoms with Crippen LogP contribution in [0, 0.1) is 5.92 Å². The number of aromatic nitrogens is 3. The number of pyridine rings is 1. The Kier molecular flexibility index (Phi) is 4.79. The van der Waals surface area contributed by atoms with Gasteiger partial charge >= 0.3 is 0 Å². The number of aromatic amines is 1. The van der Waals surface area contributed by atoms with Crippen LogP contribution in [0.2, 0.25) is 0 Å². The van der Waals surface area contributed by atoms with E-state index in [1.54, 1.807) is 0 Å². The molecule has 1 fully saturated rings. The van der Waals surface area contributed by atoms with Crippen LogP contribution in [-0.4, -0.2) is 39.5 Å². The van der Waals surface area contributed by atoms with Crippen LogP contribution in [0.3, 0.4) is 0 Å². The molecule has 5 rings (SSSR count). The van der Waals surface area contributed by atoms with E-state index in [2.05, 4.69) is 51.0 Å². The van der Waals surface area contributed by atoms with E-state index in [4.69, 9.17) is 4.98 Å². The lowest BCUT2D eigenvalue weighted by Crippen LogP contribution is -2.39. The van der Waals surface area contributed by atoms with Crippen LogP contribution < -0.4 is 10.5 Å². The van der Waals surface area contributed by atoms with Gasteiger partial charge in [0.2, 0.25) is 5.95 Å². The van der Waals surface area contributed by atoms with Gasteiger partial charge in [-0.15, -0.1) is 0 Å². The van der Waals surface area contributed by atoms with Crippen LogP contribution in [0.25, 0.3) is 10.9 Å². The molecule has 2 aromatic heterocycles. The van der Waals surface area contributed by atoms with Gasteiger partial charge in [-0.2, -0.15) is 0 Å². The van der Waals surface area contributed by atoms with Gasteiger partial charge in [-0.3, -0.25) is 19.7 Å². The highest BCUT2D eigenvalue weighted by atomic mass is 16.1. The Morgan fingerprint density at radius 2 is 1.97 bits per heavy atom. The predicted octanol–water partition coefficient (Wildman–Crippen LogP) is 3.11. The van der Waals surface area contributed by atoms with Crippen molar-refractivity contribution in [1.82, 2.24) is 19.9 Å². The lowest BCUT2D eigenvalue weighted by Gasteiger charge is -2.32. The summed E-state index contributed by atoms with van der Waals surface area (Å²) in [5.74, 6) is 1.50. The molecule has 6 nitrogen and oxygen atoms in total. The van der Waals surface area contributed by atoms with E-state index >= 15 is 0 Å². The molecule has 0 bridgehead atoms. The van der Waals surface area contributed by atoms with E-state index in [1.165, 1.54) is 10.9 Å². The third-order valence-electron chi connectivity index (χ3n) is 6.36. The van der Waals surface area contributed by atoms with E-state index in [-0.39, 0.29) is 5.56 Å². The van der Waals surface area contributed by atoms with Gasteiger partial charge in [0.1, 0.15) is 0 Å². The lowest BCUT2D eigenvalue weighted by atomic mass is 9.99. The van der Waals surface area contributed by atoms with Gasteiger partial charge in [0.15, 0.2) is 0 Å². The molecule has 1 N–H and O–H groups in total. The van der Waals surface area contributed by atoms with E-state index in [1.807, 2.05) is 12.3 Å². The number of H-pyrrole nitrogens is 1. The van der Waals surface area contributed by atoms with Crippen molar-refractivity contribution in [1.29, 1.82) is 0 Å². The first-order valence-corrected chi connectivity index (χ1v) is 10.6. The molecule has 1 saturated heterocycles. The predicted molar refractivity (Wildman–Crippen MR) is 115 cm³/mol. The Morgan fingerprint density at radius 1 is 1.14 bits per heavy atom. The highest BCUT2D eigenvalue weighted by molar-refractivity contribution is 5.81. The zero-order valence-electron chi connectivity index (χ0n) is 16.9. The summed E-state index contributed by atoms with van der Waals surface area (Å²) >= 11 is 0. The number of para-hydroxylation sites is 1. The summed E-state index contributed by atoms with van der Waals surface area (Å²) < 4.78 is 0. The minimum atomic E-state index is 0.0395. The van der Waals surface area contributed by atoms with E-state index in [9.17, 15) is 4.79 Å². The maximum atomic E-state index is 12.7. The number of rotatable bonds is 3. The summed E-state index contributed by atoms with van der Waals surface area (Å²) in [6.07, 6.45) is 4.94. The lowest BCUT2D eigenvalue weighted by molar-refractivity contribution is 0.241. The van der Waals surface area contributed by atoms with E-state index < -0.39 is 0 Å². The molecule has 0 unspecified atom stereocenters. The first-order valence-electron chi connectivity index (χ1n) is 10.6. The minimum absolute atomic E-state index is 0.0395. The number of hydrogen-bond donors (Lipinski definition) is 1. The Morgan fingerprint density at radius 3 is 2.83 bits per heavy atom. The van der Waals surface area contributed by atoms with Crippen molar-refractivity contribution in [3.63, 3.8) is 0 Å². The van der Waals surface area contributed by atoms with Gasteiger partial charge in [-0.05, 0) is 42.9 Å². The Bertz CT molecular complexity index is 1080. The molecule has 0 saturated carbocycles. The van der Waals surface area contributed by atoms with Crippen LogP contribution in [0.4, 0.5) is 5.95 Å². The highest BCUT2D eigenvalue weighted by Gasteiger charge is 2.24. The van der Waals surface area contributed by atoms with Crippen molar-refractivity contribution in [2.45, 2.75) is 39.3 Å². The largest absolute Gasteiger partial charge is 0.342 e. The fourth-order valence-corrected chi connectivity index (χ4v) is 4.52. The standard InChI is InChI=1S/C23H27N5O/c1-16-7-12-28(13-8-16)23-25-21-15-27(11-9-19(21)22(29)26-23)14-17-6-10-24-20-5-3-2-4-18(17)20/h2-6,10,16H,7-9,11-15H2,1H3,(H,25,26,29). The quantitative estimate of drug-likeness (QED) is 0.746. The molecule has 0 atom stereocenters. The summed E-state index contributed by atoms with van der Waals surface area (Å²) in [6.45, 7) is 6.65. The monoisotopic (exact) mass is 389 g/mol. The maximum absolute atomic E-state index is 12.7. The Labute approximate surface area is 170 Å². The van der Waals surface area contributed by atoms with Gasteiger partial charge in [0.25, 0.3) is 5.56 Å². The van der Waals surface area contributed by atoms with Gasteiger partial charge in [0.05, 0.1) is 11.2 Å². The SMILES string of the molecule is CC1CCN(c2nc3c(c(=O)[nH]2)CCN(Cc2ccnc4ccccc24)C3)CC1. The number of nitrogens with one attached hydrogen (secondary N) is 1. The van der Waals surface area contributed by atoms with Crippen LogP contribution in [0.15, 0.2) is 41.3 Å². The molecular weight excluding hydrogens is 362 g/mol. The molecule has 4 heterocycles. The van der Waals surface area contributed by atoms with Crippen molar-refractivity contribution < 1.29 is 0 Å². The summed E-state index contributed by atoms with van der Waals surface area (Å²) in [5.41, 5.74) is 4.13. The highest BCUT2D eigenvalue weighted by Crippen LogP contribution is 2.24. The van der Waals surface area contributed by atoms with Crippen LogP contribution in [0.5, 0.6) is 0 Å². The summed E-state index contributed by atoms with van der Waals surface area (Å²) in [7, 11) is 0. The smallest absolute Gasteiger partial charge is 0.255 e. The summed E-state index contributed by atoms with van der Waals surface area (Å²) in [6, 6.07) is 10.4. The number of anilines is 1. The zero-order chi connectivity index (χ0) is 19.8. The molecule has 0 amide bonds. The molecule has 0 spiro atoms. The fraction of sp³-hybridized carbons (Fsp3) is 0.435. The normalized spacial score (nSPS) is 18.2. The molecule has 6 heteroatoms. The zero-order valence-corrected chi connectivity index (χ0v) is 16.9. The Balaban J connectivity index is 1.39. The number of piperidine rings is 1. The van der Waals surface area contributed by atoms with Gasteiger partial charge in [0, 0.05) is 49.9 Å². The number of benzene rings is 1. The van der Waals surface area contributed by atoms with Gasteiger partial charge in [-0.25, -0.2) is 4.98 Å². The van der Waals surface area contributed by atoms with E-state index in [0.717, 1.165) is 74.1 Å². The number of fused-ring (bicyclic) bond motifs is 2. The molecule has 29 heavy (non-hydrogen) atoms. The van der Waals surface area contributed by atoms with Crippen LogP contribution in [-0.2, 0) is 19.5 Å². The number of nitrogens with zero attached hydrogens (tertiary/aromatic N) is 4. The average Bonchev–Trinajstić information content (AvgIpc) is 2.74. The van der Waals surface area contributed by atoms with E-state index in [0.29, 0.717) is 6.54 Å². The second-order valence-electron chi connectivity index (χ2n) is 8.43. The maximum Gasteiger partial charge on any atom is 0.255 e.